The summed E-state index contributed by atoms with van der Waals surface area (Å²) >= 11 is 0. The highest BCUT2D eigenvalue weighted by molar-refractivity contribution is 5.95. The molecule has 2 amide bonds. The van der Waals surface area contributed by atoms with Crippen LogP contribution in [0.15, 0.2) is 24.3 Å². The lowest BCUT2D eigenvalue weighted by Crippen LogP contribution is -2.56. The van der Waals surface area contributed by atoms with E-state index in [-0.39, 0.29) is 60.3 Å². The summed E-state index contributed by atoms with van der Waals surface area (Å²) in [4.78, 5) is 34.9. The largest absolute Gasteiger partial charge is 0.378 e. The molecule has 0 aliphatic carbocycles. The minimum atomic E-state index is -2.62. The van der Waals surface area contributed by atoms with Gasteiger partial charge < -0.3 is 24.4 Å². The van der Waals surface area contributed by atoms with Gasteiger partial charge in [-0.1, -0.05) is 26.0 Å². The summed E-state index contributed by atoms with van der Waals surface area (Å²) in [5, 5.41) is 3.32. The maximum Gasteiger partial charge on any atom is 0.290 e. The van der Waals surface area contributed by atoms with E-state index in [2.05, 4.69) is 10.3 Å². The molecule has 8 nitrogen and oxygen atoms in total. The number of fused-ring (bicyclic) bond motifs is 1. The highest BCUT2D eigenvalue weighted by Crippen LogP contribution is 2.24. The fourth-order valence-electron chi connectivity index (χ4n) is 4.87. The zero-order valence-corrected chi connectivity index (χ0v) is 22.2. The Bertz CT molecular complexity index is 1020. The van der Waals surface area contributed by atoms with Gasteiger partial charge in [0, 0.05) is 38.8 Å². The fraction of sp³-hybridized carbons (Fsp3) is 0.625. The molecule has 12 heteroatoms. The lowest BCUT2D eigenvalue weighted by molar-refractivity contribution is -0.140. The predicted octanol–water partition coefficient (Wildman–Crippen LogP) is 3.08. The molecule has 3 heterocycles. The Balaban J connectivity index is 0.00000228. The van der Waals surface area contributed by atoms with Crippen molar-refractivity contribution >= 4 is 47.7 Å². The predicted molar refractivity (Wildman–Crippen MR) is 138 cm³/mol. The fourth-order valence-corrected chi connectivity index (χ4v) is 4.87. The molecule has 2 saturated heterocycles. The van der Waals surface area contributed by atoms with Gasteiger partial charge in [0.2, 0.25) is 5.91 Å². The third-order valence-electron chi connectivity index (χ3n) is 6.43. The van der Waals surface area contributed by atoms with Gasteiger partial charge in [0.25, 0.3) is 12.3 Å². The Morgan fingerprint density at radius 1 is 1.17 bits per heavy atom. The Hall–Kier alpha value is -2.01. The number of nitrogens with one attached hydrogen (secondary N) is 1. The summed E-state index contributed by atoms with van der Waals surface area (Å²) in [7, 11) is 0. The van der Waals surface area contributed by atoms with Gasteiger partial charge in [-0.25, -0.2) is 13.8 Å². The smallest absolute Gasteiger partial charge is 0.290 e. The van der Waals surface area contributed by atoms with Crippen molar-refractivity contribution in [2.75, 3.05) is 45.9 Å². The van der Waals surface area contributed by atoms with Crippen LogP contribution in [0.2, 0.25) is 0 Å². The van der Waals surface area contributed by atoms with Crippen molar-refractivity contribution in [3.05, 3.63) is 30.1 Å². The minimum Gasteiger partial charge on any atom is -0.378 e. The van der Waals surface area contributed by atoms with Crippen LogP contribution in [-0.4, -0.2) is 89.6 Å². The number of hydrogen-bond donors (Lipinski definition) is 1. The number of para-hydroxylation sites is 2. The molecule has 2 aliphatic rings. The summed E-state index contributed by atoms with van der Waals surface area (Å²) in [6.45, 7) is 7.18. The first kappa shape index (κ1) is 30.2. The molecule has 0 unspecified atom stereocenters. The van der Waals surface area contributed by atoms with Gasteiger partial charge in [0.15, 0.2) is 5.82 Å². The molecule has 202 valence electrons. The Morgan fingerprint density at radius 3 is 2.53 bits per heavy atom. The van der Waals surface area contributed by atoms with Crippen molar-refractivity contribution in [3.8, 4) is 0 Å². The number of piperidine rings is 1. The van der Waals surface area contributed by atoms with E-state index in [0.717, 1.165) is 0 Å². The third-order valence-corrected chi connectivity index (χ3v) is 6.43. The Labute approximate surface area is 222 Å². The Morgan fingerprint density at radius 2 is 1.86 bits per heavy atom. The monoisotopic (exact) mass is 549 g/mol. The van der Waals surface area contributed by atoms with Gasteiger partial charge in [-0.2, -0.15) is 0 Å². The van der Waals surface area contributed by atoms with Gasteiger partial charge in [0.05, 0.1) is 36.7 Å². The van der Waals surface area contributed by atoms with E-state index in [0.29, 0.717) is 63.4 Å². The van der Waals surface area contributed by atoms with Crippen LogP contribution in [0.5, 0.6) is 0 Å². The van der Waals surface area contributed by atoms with Gasteiger partial charge in [0.1, 0.15) is 0 Å². The van der Waals surface area contributed by atoms with Crippen molar-refractivity contribution < 1.29 is 23.1 Å². The van der Waals surface area contributed by atoms with E-state index in [1.165, 1.54) is 4.57 Å². The van der Waals surface area contributed by atoms with E-state index in [1.54, 1.807) is 29.2 Å². The molecule has 4 rings (SSSR count). The number of imidazole rings is 1. The average Bonchev–Trinajstić information content (AvgIpc) is 3.20. The quantitative estimate of drug-likeness (QED) is 0.574. The van der Waals surface area contributed by atoms with Crippen molar-refractivity contribution in [2.24, 2.45) is 11.8 Å². The number of aromatic nitrogens is 2. The number of carbonyl (C=O) groups excluding carboxylic acids is 2. The lowest BCUT2D eigenvalue weighted by Gasteiger charge is -2.40. The number of halogens is 4. The molecule has 0 radical (unpaired) electrons. The number of rotatable bonds is 7. The zero-order valence-electron chi connectivity index (χ0n) is 20.6. The third kappa shape index (κ3) is 6.85. The molecule has 1 aromatic heterocycles. The van der Waals surface area contributed by atoms with E-state index in [1.807, 2.05) is 18.7 Å². The van der Waals surface area contributed by atoms with E-state index in [4.69, 9.17) is 4.74 Å². The number of nitrogens with zero attached hydrogens (tertiary/aromatic N) is 4. The summed E-state index contributed by atoms with van der Waals surface area (Å²) in [6, 6.07) is 6.71. The number of morpholine rings is 1. The molecular weight excluding hydrogens is 515 g/mol. The van der Waals surface area contributed by atoms with Crippen LogP contribution in [0.4, 0.5) is 8.78 Å². The molecule has 0 saturated carbocycles. The molecule has 36 heavy (non-hydrogen) atoms. The molecule has 0 bridgehead atoms. The normalized spacial score (nSPS) is 20.2. The molecular formula is C24H35Cl2F2N5O3. The number of hydrogen-bond acceptors (Lipinski definition) is 5. The van der Waals surface area contributed by atoms with Gasteiger partial charge in [-0.05, 0) is 24.5 Å². The van der Waals surface area contributed by atoms with Crippen LogP contribution in [0.25, 0.3) is 11.0 Å². The maximum atomic E-state index is 13.8. The van der Waals surface area contributed by atoms with E-state index < -0.39 is 13.0 Å². The zero-order chi connectivity index (χ0) is 24.2. The van der Waals surface area contributed by atoms with Gasteiger partial charge >= 0.3 is 0 Å². The summed E-state index contributed by atoms with van der Waals surface area (Å²) in [6.07, 6.45) is -2.09. The van der Waals surface area contributed by atoms with Crippen molar-refractivity contribution in [1.29, 1.82) is 0 Å². The summed E-state index contributed by atoms with van der Waals surface area (Å²) in [5.41, 5.74) is 1.02. The van der Waals surface area contributed by atoms with Crippen LogP contribution in [-0.2, 0) is 16.1 Å². The first-order chi connectivity index (χ1) is 16.3. The number of amides is 2. The standard InChI is InChI=1S/C24H33F2N5O3.2ClH/c1-16(2)14-30(18-11-17(12-27-13-18)23(32)29-7-9-34-10-8-29)24(33)22-28-19-5-3-4-6-20(19)31(22)15-21(25)26;;/h3-6,16-18,21,27H,7-15H2,1-2H3;2*1H/t17-,18+;;/m1../s1. The number of ether oxygens (including phenoxy) is 1. The maximum absolute atomic E-state index is 13.8. The number of benzene rings is 1. The number of carbonyl (C=O) groups is 2. The second-order valence-electron chi connectivity index (χ2n) is 9.46. The Kier molecular flexibility index (Phi) is 11.3. The van der Waals surface area contributed by atoms with Crippen molar-refractivity contribution in [3.63, 3.8) is 0 Å². The van der Waals surface area contributed by atoms with Crippen molar-refractivity contribution in [1.82, 2.24) is 24.7 Å². The molecule has 2 aromatic rings. The van der Waals surface area contributed by atoms with Crippen LogP contribution in [0, 0.1) is 11.8 Å². The minimum absolute atomic E-state index is 0. The molecule has 2 aliphatic heterocycles. The molecule has 0 spiro atoms. The van der Waals surface area contributed by atoms with Gasteiger partial charge in [-0.15, -0.1) is 24.8 Å². The highest BCUT2D eigenvalue weighted by atomic mass is 35.5. The van der Waals surface area contributed by atoms with Crippen LogP contribution in [0.1, 0.15) is 30.9 Å². The number of alkyl halides is 2. The molecule has 1 aromatic carbocycles. The lowest BCUT2D eigenvalue weighted by atomic mass is 9.92. The van der Waals surface area contributed by atoms with Crippen LogP contribution >= 0.6 is 24.8 Å². The first-order valence-corrected chi connectivity index (χ1v) is 12.0. The van der Waals surface area contributed by atoms with Crippen LogP contribution < -0.4 is 5.32 Å². The first-order valence-electron chi connectivity index (χ1n) is 12.0. The van der Waals surface area contributed by atoms with Gasteiger partial charge in [-0.3, -0.25) is 9.59 Å². The second-order valence-corrected chi connectivity index (χ2v) is 9.46. The van der Waals surface area contributed by atoms with Crippen LogP contribution in [0.3, 0.4) is 0 Å². The van der Waals surface area contributed by atoms with E-state index in [9.17, 15) is 18.4 Å². The second kappa shape index (κ2) is 13.5. The highest BCUT2D eigenvalue weighted by Gasteiger charge is 2.37. The topological polar surface area (TPSA) is 79.7 Å². The molecule has 2 fully saturated rings. The molecule has 1 N–H and O–H groups in total. The SMILES string of the molecule is CC(C)CN(C(=O)c1nc2ccccc2n1CC(F)F)[C@@H]1CNC[C@H](C(=O)N2CCOCC2)C1.Cl.Cl. The summed E-state index contributed by atoms with van der Waals surface area (Å²) in [5.74, 6) is -0.380. The average molecular weight is 550 g/mol. The van der Waals surface area contributed by atoms with E-state index >= 15 is 0 Å². The van der Waals surface area contributed by atoms with Crippen molar-refractivity contribution in [2.45, 2.75) is 39.3 Å². The molecule has 2 atom stereocenters. The summed E-state index contributed by atoms with van der Waals surface area (Å²) < 4.78 is 33.5.